The Morgan fingerprint density at radius 2 is 1.88 bits per heavy atom. The van der Waals surface area contributed by atoms with Crippen LogP contribution < -0.4 is 10.6 Å². The summed E-state index contributed by atoms with van der Waals surface area (Å²) in [5.41, 5.74) is 4.20. The molecule has 124 valence electrons. The van der Waals surface area contributed by atoms with Gasteiger partial charge in [-0.05, 0) is 11.6 Å². The first-order chi connectivity index (χ1) is 12.3. The average Bonchev–Trinajstić information content (AvgIpc) is 3.27. The van der Waals surface area contributed by atoms with Crippen LogP contribution in [0.5, 0.6) is 0 Å². The Bertz CT molecular complexity index is 1000. The normalized spacial score (nSPS) is 10.7. The molecule has 2 aromatic heterocycles. The van der Waals surface area contributed by atoms with Crippen LogP contribution in [0, 0.1) is 5.41 Å². The number of nitrogens with zero attached hydrogens (tertiary/aromatic N) is 1. The SMILES string of the molecule is N=C(NCc1ccccc1)Nc1nc(-c2c[nH]c3ccccc23)cs1. The molecule has 0 saturated heterocycles. The zero-order chi connectivity index (χ0) is 17.1. The standard InChI is InChI=1S/C19H17N5S/c20-18(22-10-13-6-2-1-3-7-13)24-19-23-17(12-25-19)15-11-21-16-9-5-4-8-14(15)16/h1-9,11-12,21H,10H2,(H3,20,22,23,24). The van der Waals surface area contributed by atoms with Crippen LogP contribution in [0.15, 0.2) is 66.2 Å². The van der Waals surface area contributed by atoms with E-state index in [1.165, 1.54) is 11.3 Å². The van der Waals surface area contributed by atoms with Crippen LogP contribution in [0.1, 0.15) is 5.56 Å². The summed E-state index contributed by atoms with van der Waals surface area (Å²) in [6.45, 7) is 0.605. The molecule has 25 heavy (non-hydrogen) atoms. The molecule has 0 aliphatic rings. The summed E-state index contributed by atoms with van der Waals surface area (Å²) in [6.07, 6.45) is 1.97. The fourth-order valence-electron chi connectivity index (χ4n) is 2.68. The van der Waals surface area contributed by atoms with Gasteiger partial charge in [0.1, 0.15) is 0 Å². The van der Waals surface area contributed by atoms with Crippen molar-refractivity contribution in [3.63, 3.8) is 0 Å². The van der Waals surface area contributed by atoms with E-state index in [0.29, 0.717) is 11.7 Å². The minimum Gasteiger partial charge on any atom is -0.360 e. The molecule has 4 aromatic rings. The van der Waals surface area contributed by atoms with Gasteiger partial charge in [-0.25, -0.2) is 4.98 Å². The number of para-hydroxylation sites is 1. The average molecular weight is 347 g/mol. The van der Waals surface area contributed by atoms with Crippen molar-refractivity contribution in [2.24, 2.45) is 0 Å². The van der Waals surface area contributed by atoms with Crippen molar-refractivity contribution >= 4 is 33.3 Å². The first-order valence-electron chi connectivity index (χ1n) is 7.95. The molecule has 5 nitrogen and oxygen atoms in total. The molecule has 0 saturated carbocycles. The Balaban J connectivity index is 1.44. The quantitative estimate of drug-likeness (QED) is 0.326. The minimum absolute atomic E-state index is 0.240. The van der Waals surface area contributed by atoms with Crippen LogP contribution in [0.4, 0.5) is 5.13 Å². The minimum atomic E-state index is 0.240. The van der Waals surface area contributed by atoms with Crippen molar-refractivity contribution in [1.29, 1.82) is 5.41 Å². The molecule has 4 rings (SSSR count). The molecule has 6 heteroatoms. The van der Waals surface area contributed by atoms with Gasteiger partial charge in [0.2, 0.25) is 0 Å². The van der Waals surface area contributed by atoms with Crippen LogP contribution in [-0.2, 0) is 6.54 Å². The number of thiazole rings is 1. The molecule has 0 aliphatic carbocycles. The number of hydrogen-bond acceptors (Lipinski definition) is 3. The van der Waals surface area contributed by atoms with Gasteiger partial charge in [-0.2, -0.15) is 0 Å². The van der Waals surface area contributed by atoms with E-state index in [4.69, 9.17) is 5.41 Å². The summed E-state index contributed by atoms with van der Waals surface area (Å²) in [5.74, 6) is 0.240. The molecule has 0 bridgehead atoms. The second-order valence-corrected chi connectivity index (χ2v) is 6.48. The lowest BCUT2D eigenvalue weighted by Crippen LogP contribution is -2.28. The van der Waals surface area contributed by atoms with Crippen LogP contribution in [0.3, 0.4) is 0 Å². The lowest BCUT2D eigenvalue weighted by Gasteiger charge is -2.08. The smallest absolute Gasteiger partial charge is 0.195 e. The number of aromatic nitrogens is 2. The maximum Gasteiger partial charge on any atom is 0.195 e. The van der Waals surface area contributed by atoms with Crippen LogP contribution >= 0.6 is 11.3 Å². The molecule has 4 N–H and O–H groups in total. The first-order valence-corrected chi connectivity index (χ1v) is 8.83. The zero-order valence-electron chi connectivity index (χ0n) is 13.4. The highest BCUT2D eigenvalue weighted by molar-refractivity contribution is 7.14. The Morgan fingerprint density at radius 3 is 2.76 bits per heavy atom. The van der Waals surface area contributed by atoms with E-state index >= 15 is 0 Å². The summed E-state index contributed by atoms with van der Waals surface area (Å²) < 4.78 is 0. The van der Waals surface area contributed by atoms with Gasteiger partial charge < -0.3 is 15.6 Å². The molecule has 2 heterocycles. The number of hydrogen-bond donors (Lipinski definition) is 4. The fraction of sp³-hybridized carbons (Fsp3) is 0.0526. The Kier molecular flexibility index (Phi) is 4.18. The van der Waals surface area contributed by atoms with E-state index in [-0.39, 0.29) is 5.96 Å². The van der Waals surface area contributed by atoms with Crippen molar-refractivity contribution in [1.82, 2.24) is 15.3 Å². The summed E-state index contributed by atoms with van der Waals surface area (Å²) in [7, 11) is 0. The predicted molar refractivity (Wildman–Crippen MR) is 104 cm³/mol. The van der Waals surface area contributed by atoms with Crippen LogP contribution in [0.2, 0.25) is 0 Å². The van der Waals surface area contributed by atoms with Gasteiger partial charge >= 0.3 is 0 Å². The number of anilines is 1. The molecule has 0 spiro atoms. The molecule has 0 fully saturated rings. The topological polar surface area (TPSA) is 76.6 Å². The summed E-state index contributed by atoms with van der Waals surface area (Å²) in [6, 6.07) is 18.2. The van der Waals surface area contributed by atoms with Gasteiger partial charge in [0.05, 0.1) is 5.69 Å². The van der Waals surface area contributed by atoms with E-state index < -0.39 is 0 Å². The monoisotopic (exact) mass is 347 g/mol. The third-order valence-corrected chi connectivity index (χ3v) is 4.67. The molecular weight excluding hydrogens is 330 g/mol. The fourth-order valence-corrected chi connectivity index (χ4v) is 3.39. The number of fused-ring (bicyclic) bond motifs is 1. The first kappa shape index (κ1) is 15.4. The van der Waals surface area contributed by atoms with E-state index in [0.717, 1.165) is 27.7 Å². The number of benzene rings is 2. The third kappa shape index (κ3) is 3.39. The summed E-state index contributed by atoms with van der Waals surface area (Å²) >= 11 is 1.49. The number of nitrogens with one attached hydrogen (secondary N) is 4. The molecule has 0 unspecified atom stereocenters. The summed E-state index contributed by atoms with van der Waals surface area (Å²) in [4.78, 5) is 7.87. The van der Waals surface area contributed by atoms with Crippen molar-refractivity contribution in [2.45, 2.75) is 6.54 Å². The van der Waals surface area contributed by atoms with Crippen LogP contribution in [0.25, 0.3) is 22.2 Å². The van der Waals surface area contributed by atoms with Crippen molar-refractivity contribution in [3.8, 4) is 11.3 Å². The van der Waals surface area contributed by atoms with Crippen molar-refractivity contribution in [3.05, 3.63) is 71.7 Å². The lowest BCUT2D eigenvalue weighted by molar-refractivity contribution is 0.904. The van der Waals surface area contributed by atoms with E-state index in [2.05, 4.69) is 26.7 Å². The van der Waals surface area contributed by atoms with Crippen molar-refractivity contribution < 1.29 is 0 Å². The molecule has 0 amide bonds. The second-order valence-electron chi connectivity index (χ2n) is 5.62. The second kappa shape index (κ2) is 6.78. The number of rotatable bonds is 4. The largest absolute Gasteiger partial charge is 0.360 e. The van der Waals surface area contributed by atoms with Gasteiger partial charge in [0.25, 0.3) is 0 Å². The Hall–Kier alpha value is -3.12. The van der Waals surface area contributed by atoms with Gasteiger partial charge in [0, 0.05) is 34.6 Å². The van der Waals surface area contributed by atoms with Gasteiger partial charge in [0.15, 0.2) is 11.1 Å². The molecular formula is C19H17N5S. The lowest BCUT2D eigenvalue weighted by atomic mass is 10.1. The molecule has 0 aliphatic heterocycles. The highest BCUT2D eigenvalue weighted by atomic mass is 32.1. The number of guanidine groups is 1. The van der Waals surface area contributed by atoms with Gasteiger partial charge in [-0.1, -0.05) is 48.5 Å². The van der Waals surface area contributed by atoms with E-state index in [1.54, 1.807) is 0 Å². The predicted octanol–water partition coefficient (Wildman–Crippen LogP) is 4.43. The summed E-state index contributed by atoms with van der Waals surface area (Å²) in [5, 5.41) is 17.9. The van der Waals surface area contributed by atoms with Crippen LogP contribution in [-0.4, -0.2) is 15.9 Å². The van der Waals surface area contributed by atoms with Gasteiger partial charge in [-0.15, -0.1) is 11.3 Å². The zero-order valence-corrected chi connectivity index (χ0v) is 14.2. The number of H-pyrrole nitrogens is 1. The Labute approximate surface area is 149 Å². The van der Waals surface area contributed by atoms with E-state index in [1.807, 2.05) is 60.1 Å². The van der Waals surface area contributed by atoms with Crippen molar-refractivity contribution in [2.75, 3.05) is 5.32 Å². The maximum absolute atomic E-state index is 8.03. The molecule has 2 aromatic carbocycles. The van der Waals surface area contributed by atoms with E-state index in [9.17, 15) is 0 Å². The molecule has 0 atom stereocenters. The highest BCUT2D eigenvalue weighted by Gasteiger charge is 2.10. The molecule has 0 radical (unpaired) electrons. The Morgan fingerprint density at radius 1 is 1.08 bits per heavy atom. The third-order valence-electron chi connectivity index (χ3n) is 3.91. The number of aromatic amines is 1. The maximum atomic E-state index is 8.03. The van der Waals surface area contributed by atoms with Gasteiger partial charge in [-0.3, -0.25) is 5.41 Å². The highest BCUT2D eigenvalue weighted by Crippen LogP contribution is 2.30.